The first-order valence-corrected chi connectivity index (χ1v) is 7.80. The van der Waals surface area contributed by atoms with Crippen LogP contribution in [0.3, 0.4) is 0 Å². The Balaban J connectivity index is 2.20. The smallest absolute Gasteiger partial charge is 0.337 e. The number of aryl methyl sites for hydroxylation is 2. The summed E-state index contributed by atoms with van der Waals surface area (Å²) in [5, 5.41) is 12.5. The molecule has 0 saturated carbocycles. The van der Waals surface area contributed by atoms with Gasteiger partial charge in [-0.15, -0.1) is 0 Å². The highest BCUT2D eigenvalue weighted by Crippen LogP contribution is 2.21. The van der Waals surface area contributed by atoms with Gasteiger partial charge in [0.1, 0.15) is 0 Å². The standard InChI is InChI=1S/C20H22N2O2/c1-3-17(4-2)22-19-13-15(9-12-18(19)20(23)24)6-5-14-7-10-16(21)11-8-14/h3-4,7-13,22H,1,5-6,21H2,2H3,(H,23,24)/b17-4+. The number of hydrogen-bond donors (Lipinski definition) is 3. The van der Waals surface area contributed by atoms with Gasteiger partial charge in [0.15, 0.2) is 0 Å². The highest BCUT2D eigenvalue weighted by atomic mass is 16.4. The van der Waals surface area contributed by atoms with Gasteiger partial charge in [-0.1, -0.05) is 30.9 Å². The summed E-state index contributed by atoms with van der Waals surface area (Å²) >= 11 is 0. The lowest BCUT2D eigenvalue weighted by atomic mass is 10.0. The molecule has 2 rings (SSSR count). The minimum atomic E-state index is -0.956. The minimum absolute atomic E-state index is 0.243. The van der Waals surface area contributed by atoms with Crippen LogP contribution in [-0.2, 0) is 12.8 Å². The number of carbonyl (C=O) groups is 1. The number of nitrogen functional groups attached to an aromatic ring is 1. The van der Waals surface area contributed by atoms with Gasteiger partial charge in [0.25, 0.3) is 0 Å². The molecule has 0 aliphatic carbocycles. The molecule has 0 spiro atoms. The zero-order valence-electron chi connectivity index (χ0n) is 13.8. The first-order chi connectivity index (χ1) is 11.5. The Morgan fingerprint density at radius 3 is 2.38 bits per heavy atom. The molecule has 124 valence electrons. The van der Waals surface area contributed by atoms with Crippen molar-refractivity contribution in [2.45, 2.75) is 19.8 Å². The molecule has 0 saturated heterocycles. The molecule has 0 aromatic heterocycles. The number of carboxylic acids is 1. The largest absolute Gasteiger partial charge is 0.478 e. The summed E-state index contributed by atoms with van der Waals surface area (Å²) in [7, 11) is 0. The summed E-state index contributed by atoms with van der Waals surface area (Å²) in [5.74, 6) is -0.956. The van der Waals surface area contributed by atoms with Gasteiger partial charge in [0.2, 0.25) is 0 Å². The van der Waals surface area contributed by atoms with Crippen LogP contribution in [-0.4, -0.2) is 11.1 Å². The molecule has 0 heterocycles. The van der Waals surface area contributed by atoms with Crippen LogP contribution >= 0.6 is 0 Å². The van der Waals surface area contributed by atoms with Crippen molar-refractivity contribution < 1.29 is 9.90 Å². The van der Waals surface area contributed by atoms with Crippen LogP contribution in [0.25, 0.3) is 0 Å². The second kappa shape index (κ2) is 8.02. The van der Waals surface area contributed by atoms with E-state index in [0.29, 0.717) is 5.69 Å². The van der Waals surface area contributed by atoms with E-state index in [1.807, 2.05) is 49.4 Å². The lowest BCUT2D eigenvalue weighted by molar-refractivity contribution is 0.0698. The number of nitrogens with two attached hydrogens (primary N) is 1. The number of benzene rings is 2. The third-order valence-corrected chi connectivity index (χ3v) is 3.81. The Bertz CT molecular complexity index is 762. The SMILES string of the molecule is C=C/C(=C\C)Nc1cc(CCc2ccc(N)cc2)ccc1C(=O)O. The topological polar surface area (TPSA) is 75.3 Å². The first kappa shape index (κ1) is 17.3. The molecular weight excluding hydrogens is 300 g/mol. The van der Waals surface area contributed by atoms with Crippen molar-refractivity contribution in [3.63, 3.8) is 0 Å². The fourth-order valence-corrected chi connectivity index (χ4v) is 2.41. The Hall–Kier alpha value is -3.01. The Kier molecular flexibility index (Phi) is 5.79. The van der Waals surface area contributed by atoms with Gasteiger partial charge >= 0.3 is 5.97 Å². The zero-order valence-corrected chi connectivity index (χ0v) is 13.8. The van der Waals surface area contributed by atoms with E-state index in [9.17, 15) is 9.90 Å². The molecule has 4 N–H and O–H groups in total. The number of carboxylic acid groups (broad SMARTS) is 1. The van der Waals surface area contributed by atoms with E-state index < -0.39 is 5.97 Å². The summed E-state index contributed by atoms with van der Waals surface area (Å²) in [6, 6.07) is 13.2. The van der Waals surface area contributed by atoms with Gasteiger partial charge in [-0.25, -0.2) is 4.79 Å². The van der Waals surface area contributed by atoms with Crippen LogP contribution in [0.4, 0.5) is 11.4 Å². The fourth-order valence-electron chi connectivity index (χ4n) is 2.41. The molecule has 0 fully saturated rings. The van der Waals surface area contributed by atoms with Gasteiger partial charge in [0.05, 0.1) is 11.3 Å². The maximum absolute atomic E-state index is 11.4. The minimum Gasteiger partial charge on any atom is -0.478 e. The van der Waals surface area contributed by atoms with E-state index in [1.165, 1.54) is 5.56 Å². The normalized spacial score (nSPS) is 11.1. The zero-order chi connectivity index (χ0) is 17.5. The van der Waals surface area contributed by atoms with Crippen LogP contribution in [0.2, 0.25) is 0 Å². The van der Waals surface area contributed by atoms with Crippen LogP contribution in [0, 0.1) is 0 Å². The van der Waals surface area contributed by atoms with Gasteiger partial charge in [-0.2, -0.15) is 0 Å². The molecule has 0 unspecified atom stereocenters. The molecule has 0 aliphatic rings. The third-order valence-electron chi connectivity index (χ3n) is 3.81. The second-order valence-corrected chi connectivity index (χ2v) is 5.50. The van der Waals surface area contributed by atoms with Gasteiger partial charge in [-0.05, 0) is 61.2 Å². The van der Waals surface area contributed by atoms with E-state index in [2.05, 4.69) is 11.9 Å². The molecule has 2 aromatic rings. The Morgan fingerprint density at radius 2 is 1.79 bits per heavy atom. The third kappa shape index (κ3) is 4.49. The van der Waals surface area contributed by atoms with Gasteiger partial charge in [-0.3, -0.25) is 0 Å². The van der Waals surface area contributed by atoms with Crippen molar-refractivity contribution in [2.75, 3.05) is 11.1 Å². The number of hydrogen-bond acceptors (Lipinski definition) is 3. The average Bonchev–Trinajstić information content (AvgIpc) is 2.59. The van der Waals surface area contributed by atoms with E-state index in [4.69, 9.17) is 5.73 Å². The molecule has 0 atom stereocenters. The summed E-state index contributed by atoms with van der Waals surface area (Å²) in [4.78, 5) is 11.4. The summed E-state index contributed by atoms with van der Waals surface area (Å²) in [6.45, 7) is 5.59. The van der Waals surface area contributed by atoms with Crippen molar-refractivity contribution in [1.82, 2.24) is 0 Å². The molecule has 24 heavy (non-hydrogen) atoms. The Morgan fingerprint density at radius 1 is 1.17 bits per heavy atom. The monoisotopic (exact) mass is 322 g/mol. The van der Waals surface area contributed by atoms with Crippen molar-refractivity contribution in [3.05, 3.63) is 83.6 Å². The molecule has 0 amide bonds. The summed E-state index contributed by atoms with van der Waals surface area (Å²) < 4.78 is 0. The predicted molar refractivity (Wildman–Crippen MR) is 99.2 cm³/mol. The van der Waals surface area contributed by atoms with E-state index in [1.54, 1.807) is 12.1 Å². The Labute approximate surface area is 142 Å². The summed E-state index contributed by atoms with van der Waals surface area (Å²) in [6.07, 6.45) is 5.19. The number of aromatic carboxylic acids is 1. The molecule has 2 aromatic carbocycles. The quantitative estimate of drug-likeness (QED) is 0.526. The van der Waals surface area contributed by atoms with Crippen molar-refractivity contribution in [3.8, 4) is 0 Å². The van der Waals surface area contributed by atoms with Crippen LogP contribution in [0.15, 0.2) is 66.9 Å². The van der Waals surface area contributed by atoms with Crippen LogP contribution in [0.1, 0.15) is 28.4 Å². The number of nitrogens with one attached hydrogen (secondary N) is 1. The first-order valence-electron chi connectivity index (χ1n) is 7.80. The molecule has 4 nitrogen and oxygen atoms in total. The predicted octanol–water partition coefficient (Wildman–Crippen LogP) is 4.25. The molecule has 4 heteroatoms. The van der Waals surface area contributed by atoms with E-state index >= 15 is 0 Å². The lowest BCUT2D eigenvalue weighted by Gasteiger charge is -2.12. The molecule has 0 radical (unpaired) electrons. The second-order valence-electron chi connectivity index (χ2n) is 5.50. The van der Waals surface area contributed by atoms with Crippen LogP contribution in [0.5, 0.6) is 0 Å². The molecular formula is C20H22N2O2. The fraction of sp³-hybridized carbons (Fsp3) is 0.150. The van der Waals surface area contributed by atoms with Gasteiger partial charge in [0, 0.05) is 11.4 Å². The highest BCUT2D eigenvalue weighted by Gasteiger charge is 2.11. The van der Waals surface area contributed by atoms with E-state index in [0.717, 1.165) is 29.8 Å². The maximum atomic E-state index is 11.4. The summed E-state index contributed by atoms with van der Waals surface area (Å²) in [5.41, 5.74) is 10.3. The molecule has 0 bridgehead atoms. The van der Waals surface area contributed by atoms with Crippen molar-refractivity contribution >= 4 is 17.3 Å². The number of rotatable bonds is 7. The average molecular weight is 322 g/mol. The van der Waals surface area contributed by atoms with Crippen LogP contribution < -0.4 is 11.1 Å². The van der Waals surface area contributed by atoms with Crippen molar-refractivity contribution in [1.29, 1.82) is 0 Å². The van der Waals surface area contributed by atoms with Gasteiger partial charge < -0.3 is 16.2 Å². The lowest BCUT2D eigenvalue weighted by Crippen LogP contribution is -2.06. The highest BCUT2D eigenvalue weighted by molar-refractivity contribution is 5.94. The van der Waals surface area contributed by atoms with Crippen molar-refractivity contribution in [2.24, 2.45) is 0 Å². The number of allylic oxidation sites excluding steroid dienone is 2. The number of anilines is 2. The maximum Gasteiger partial charge on any atom is 0.337 e. The molecule has 0 aliphatic heterocycles. The van der Waals surface area contributed by atoms with E-state index in [-0.39, 0.29) is 5.56 Å².